The van der Waals surface area contributed by atoms with E-state index in [9.17, 15) is 0 Å². The minimum absolute atomic E-state index is 0.200. The monoisotopic (exact) mass is 242 g/mol. The Hall–Kier alpha value is -1.14. The second-order valence-corrected chi connectivity index (χ2v) is 3.99. The quantitative estimate of drug-likeness (QED) is 0.765. The zero-order chi connectivity index (χ0) is 11.4. The van der Waals surface area contributed by atoms with E-state index in [1.165, 1.54) is 19.3 Å². The van der Waals surface area contributed by atoms with E-state index in [1.807, 2.05) is 0 Å². The fourth-order valence-electron chi connectivity index (χ4n) is 1.75. The summed E-state index contributed by atoms with van der Waals surface area (Å²) in [5, 5.41) is 3.03. The molecule has 0 unspecified atom stereocenters. The van der Waals surface area contributed by atoms with E-state index in [4.69, 9.17) is 17.3 Å². The van der Waals surface area contributed by atoms with Crippen LogP contribution in [0.1, 0.15) is 19.3 Å². The molecule has 2 heterocycles. The van der Waals surface area contributed by atoms with Gasteiger partial charge >= 0.3 is 0 Å². The molecular formula is C9H15ClN6. The largest absolute Gasteiger partial charge is 0.342 e. The van der Waals surface area contributed by atoms with E-state index in [0.29, 0.717) is 11.9 Å². The first kappa shape index (κ1) is 11.3. The fourth-order valence-corrected chi connectivity index (χ4v) is 1.90. The maximum absolute atomic E-state index is 5.84. The van der Waals surface area contributed by atoms with Crippen LogP contribution in [0.25, 0.3) is 0 Å². The van der Waals surface area contributed by atoms with E-state index in [-0.39, 0.29) is 12.0 Å². The number of nitrogens with zero attached hydrogens (tertiary/aromatic N) is 4. The Kier molecular flexibility index (Phi) is 3.74. The second-order valence-electron chi connectivity index (χ2n) is 3.66. The van der Waals surface area contributed by atoms with Gasteiger partial charge in [-0.05, 0) is 30.9 Å². The van der Waals surface area contributed by atoms with Crippen molar-refractivity contribution in [2.75, 3.05) is 30.0 Å². The lowest BCUT2D eigenvalue weighted by atomic mass is 10.1. The number of nitrogens with two attached hydrogens (primary N) is 1. The van der Waals surface area contributed by atoms with Crippen LogP contribution in [0.4, 0.5) is 11.9 Å². The van der Waals surface area contributed by atoms with Gasteiger partial charge in [0.2, 0.25) is 17.2 Å². The van der Waals surface area contributed by atoms with Crippen molar-refractivity contribution in [3.05, 3.63) is 5.28 Å². The van der Waals surface area contributed by atoms with Gasteiger partial charge in [0, 0.05) is 13.1 Å². The van der Waals surface area contributed by atoms with Crippen LogP contribution in [-0.4, -0.2) is 34.7 Å². The van der Waals surface area contributed by atoms with Crippen LogP contribution in [0, 0.1) is 0 Å². The van der Waals surface area contributed by atoms with Crippen LogP contribution in [-0.2, 0) is 0 Å². The minimum atomic E-state index is 0.200. The number of rotatable bonds is 3. The van der Waals surface area contributed by atoms with Gasteiger partial charge in [-0.15, -0.1) is 0 Å². The predicted octanol–water partition coefficient (Wildman–Crippen LogP) is 0.843. The zero-order valence-electron chi connectivity index (χ0n) is 8.99. The minimum Gasteiger partial charge on any atom is -0.342 e. The van der Waals surface area contributed by atoms with Crippen molar-refractivity contribution in [1.29, 1.82) is 0 Å². The number of hydrogen-bond donors (Lipinski definition) is 2. The van der Waals surface area contributed by atoms with E-state index < -0.39 is 0 Å². The van der Waals surface area contributed by atoms with Crippen LogP contribution in [0.3, 0.4) is 0 Å². The molecule has 3 N–H and O–H groups in total. The maximum Gasteiger partial charge on any atom is 0.231 e. The van der Waals surface area contributed by atoms with Gasteiger partial charge in [0.25, 0.3) is 0 Å². The molecule has 1 aromatic rings. The molecule has 0 saturated carbocycles. The molecule has 1 aromatic heterocycles. The lowest BCUT2D eigenvalue weighted by Crippen LogP contribution is -2.31. The molecule has 0 bridgehead atoms. The average Bonchev–Trinajstić information content (AvgIpc) is 2.30. The standard InChI is InChI=1S/C9H15ClN6/c10-7-13-8(12-6-11)15-9(14-7)16-4-2-1-3-5-16/h1-6,11H2,(H,12,13,14,15). The van der Waals surface area contributed by atoms with E-state index in [0.717, 1.165) is 13.1 Å². The Labute approximate surface area is 99.2 Å². The molecule has 1 aliphatic rings. The first-order valence-electron chi connectivity index (χ1n) is 5.40. The molecular weight excluding hydrogens is 228 g/mol. The number of aromatic nitrogens is 3. The summed E-state index contributed by atoms with van der Waals surface area (Å²) in [6.45, 7) is 2.23. The molecule has 88 valence electrons. The van der Waals surface area contributed by atoms with Gasteiger partial charge in [0.1, 0.15) is 0 Å². The molecule has 0 radical (unpaired) electrons. The Morgan fingerprint density at radius 1 is 1.19 bits per heavy atom. The molecule has 1 saturated heterocycles. The van der Waals surface area contributed by atoms with Gasteiger partial charge in [-0.25, -0.2) is 0 Å². The lowest BCUT2D eigenvalue weighted by Gasteiger charge is -2.26. The van der Waals surface area contributed by atoms with Gasteiger partial charge in [0.05, 0.1) is 6.67 Å². The van der Waals surface area contributed by atoms with Crippen molar-refractivity contribution >= 4 is 23.5 Å². The van der Waals surface area contributed by atoms with Crippen LogP contribution in [0.15, 0.2) is 0 Å². The highest BCUT2D eigenvalue weighted by atomic mass is 35.5. The molecule has 2 rings (SSSR count). The lowest BCUT2D eigenvalue weighted by molar-refractivity contribution is 0.567. The first-order chi connectivity index (χ1) is 7.79. The number of hydrogen-bond acceptors (Lipinski definition) is 6. The zero-order valence-corrected chi connectivity index (χ0v) is 9.74. The fraction of sp³-hybridized carbons (Fsp3) is 0.667. The Bertz CT molecular complexity index is 352. The summed E-state index contributed by atoms with van der Waals surface area (Å²) in [6, 6.07) is 0. The van der Waals surface area contributed by atoms with Crippen molar-refractivity contribution in [2.45, 2.75) is 19.3 Å². The highest BCUT2D eigenvalue weighted by Crippen LogP contribution is 2.18. The summed E-state index contributed by atoms with van der Waals surface area (Å²) in [5.74, 6) is 1.07. The third-order valence-corrected chi connectivity index (χ3v) is 2.66. The number of anilines is 2. The molecule has 7 heteroatoms. The predicted molar refractivity (Wildman–Crippen MR) is 63.6 cm³/mol. The van der Waals surface area contributed by atoms with Crippen molar-refractivity contribution in [3.63, 3.8) is 0 Å². The summed E-state index contributed by atoms with van der Waals surface area (Å²) in [4.78, 5) is 14.5. The average molecular weight is 243 g/mol. The molecule has 0 spiro atoms. The molecule has 1 aliphatic heterocycles. The third-order valence-electron chi connectivity index (χ3n) is 2.50. The Morgan fingerprint density at radius 3 is 2.62 bits per heavy atom. The first-order valence-corrected chi connectivity index (χ1v) is 5.78. The van der Waals surface area contributed by atoms with Crippen molar-refractivity contribution in [3.8, 4) is 0 Å². The van der Waals surface area contributed by atoms with Crippen molar-refractivity contribution < 1.29 is 0 Å². The van der Waals surface area contributed by atoms with Crippen LogP contribution in [0.5, 0.6) is 0 Å². The summed E-state index contributed by atoms with van der Waals surface area (Å²) >= 11 is 5.84. The highest BCUT2D eigenvalue weighted by molar-refractivity contribution is 6.28. The summed E-state index contributed by atoms with van der Waals surface area (Å²) in [6.07, 6.45) is 3.61. The molecule has 16 heavy (non-hydrogen) atoms. The SMILES string of the molecule is NCNc1nc(Cl)nc(N2CCCCC2)n1. The summed E-state index contributed by atoms with van der Waals surface area (Å²) in [7, 11) is 0. The van der Waals surface area contributed by atoms with Gasteiger partial charge < -0.3 is 16.0 Å². The van der Waals surface area contributed by atoms with Crippen LogP contribution < -0.4 is 16.0 Å². The highest BCUT2D eigenvalue weighted by Gasteiger charge is 2.15. The van der Waals surface area contributed by atoms with E-state index in [2.05, 4.69) is 25.2 Å². The molecule has 0 amide bonds. The molecule has 0 aromatic carbocycles. The van der Waals surface area contributed by atoms with Crippen molar-refractivity contribution in [1.82, 2.24) is 15.0 Å². The molecule has 1 fully saturated rings. The smallest absolute Gasteiger partial charge is 0.231 e. The molecule has 0 aliphatic carbocycles. The van der Waals surface area contributed by atoms with Gasteiger partial charge in [-0.3, -0.25) is 0 Å². The van der Waals surface area contributed by atoms with Crippen LogP contribution >= 0.6 is 11.6 Å². The maximum atomic E-state index is 5.84. The third kappa shape index (κ3) is 2.70. The molecule has 0 atom stereocenters. The second kappa shape index (κ2) is 5.27. The van der Waals surface area contributed by atoms with Gasteiger partial charge in [-0.2, -0.15) is 15.0 Å². The van der Waals surface area contributed by atoms with E-state index in [1.54, 1.807) is 0 Å². The van der Waals surface area contributed by atoms with Gasteiger partial charge in [-0.1, -0.05) is 0 Å². The Morgan fingerprint density at radius 2 is 1.94 bits per heavy atom. The Balaban J connectivity index is 2.18. The number of halogens is 1. The summed E-state index contributed by atoms with van der Waals surface area (Å²) in [5.41, 5.74) is 5.37. The number of piperidine rings is 1. The summed E-state index contributed by atoms with van der Waals surface area (Å²) < 4.78 is 0. The number of nitrogens with one attached hydrogen (secondary N) is 1. The van der Waals surface area contributed by atoms with Gasteiger partial charge in [0.15, 0.2) is 0 Å². The van der Waals surface area contributed by atoms with Crippen LogP contribution in [0.2, 0.25) is 5.28 Å². The topological polar surface area (TPSA) is 80.0 Å². The normalized spacial score (nSPS) is 16.2. The van der Waals surface area contributed by atoms with Crippen molar-refractivity contribution in [2.24, 2.45) is 5.73 Å². The van der Waals surface area contributed by atoms with E-state index >= 15 is 0 Å². The molecule has 6 nitrogen and oxygen atoms in total.